The summed E-state index contributed by atoms with van der Waals surface area (Å²) in [5.41, 5.74) is 3.75. The second-order valence-electron chi connectivity index (χ2n) is 8.54. The number of nitrogens with zero attached hydrogens (tertiary/aromatic N) is 4. The predicted octanol–water partition coefficient (Wildman–Crippen LogP) is 6.21. The van der Waals surface area contributed by atoms with E-state index in [1.54, 1.807) is 36.0 Å². The number of hydrazone groups is 1. The third-order valence-corrected chi connectivity index (χ3v) is 6.57. The zero-order chi connectivity index (χ0) is 25.5. The van der Waals surface area contributed by atoms with Crippen LogP contribution in [0.1, 0.15) is 12.5 Å². The molecule has 0 fully saturated rings. The van der Waals surface area contributed by atoms with Crippen LogP contribution in [-0.4, -0.2) is 21.4 Å². The van der Waals surface area contributed by atoms with Gasteiger partial charge in [0.2, 0.25) is 0 Å². The summed E-state index contributed by atoms with van der Waals surface area (Å²) in [5, 5.41) is 11.3. The lowest BCUT2D eigenvalue weighted by Crippen LogP contribution is -2.21. The van der Waals surface area contributed by atoms with E-state index in [9.17, 15) is 9.59 Å². The fourth-order valence-corrected chi connectivity index (χ4v) is 4.64. The van der Waals surface area contributed by atoms with Crippen molar-refractivity contribution in [2.45, 2.75) is 6.92 Å². The van der Waals surface area contributed by atoms with Gasteiger partial charge in [0.15, 0.2) is 0 Å². The summed E-state index contributed by atoms with van der Waals surface area (Å²) < 4.78 is 8.16. The molecule has 0 aliphatic carbocycles. The van der Waals surface area contributed by atoms with E-state index in [4.69, 9.17) is 9.52 Å². The first-order chi connectivity index (χ1) is 18.0. The molecule has 0 saturated carbocycles. The molecule has 0 unspecified atom stereocenters. The number of carbonyl (C=O) groups is 1. The minimum atomic E-state index is -0.512. The molecule has 1 aliphatic rings. The first kappa shape index (κ1) is 22.9. The number of benzene rings is 3. The predicted molar refractivity (Wildman–Crippen MR) is 148 cm³/mol. The van der Waals surface area contributed by atoms with Crippen molar-refractivity contribution in [3.63, 3.8) is 0 Å². The molecule has 2 aromatic heterocycles. The number of amides is 1. The quantitative estimate of drug-likeness (QED) is 0.196. The van der Waals surface area contributed by atoms with Gasteiger partial charge in [0.05, 0.1) is 28.2 Å². The number of fused-ring (bicyclic) bond motifs is 1. The number of para-hydroxylation sites is 2. The second-order valence-corrected chi connectivity index (χ2v) is 9.45. The van der Waals surface area contributed by atoms with E-state index in [1.165, 1.54) is 5.01 Å². The van der Waals surface area contributed by atoms with Gasteiger partial charge in [0.25, 0.3) is 5.91 Å². The van der Waals surface area contributed by atoms with Crippen LogP contribution in [0.5, 0.6) is 0 Å². The lowest BCUT2D eigenvalue weighted by Gasteiger charge is -2.11. The van der Waals surface area contributed by atoms with Gasteiger partial charge in [0, 0.05) is 21.6 Å². The molecule has 0 atom stereocenters. The topological polar surface area (TPSA) is 80.7 Å². The largest absolute Gasteiger partial charge is 0.422 e. The van der Waals surface area contributed by atoms with Crippen LogP contribution < -0.4 is 10.6 Å². The molecule has 180 valence electrons. The number of anilines is 1. The summed E-state index contributed by atoms with van der Waals surface area (Å²) >= 11 is 3.47. The van der Waals surface area contributed by atoms with Gasteiger partial charge in [-0.1, -0.05) is 52.3 Å². The van der Waals surface area contributed by atoms with E-state index in [-0.39, 0.29) is 5.91 Å². The van der Waals surface area contributed by atoms with Crippen molar-refractivity contribution in [3.05, 3.63) is 117 Å². The van der Waals surface area contributed by atoms with Crippen LogP contribution in [0.4, 0.5) is 5.69 Å². The molecule has 0 spiro atoms. The number of hydrogen-bond acceptors (Lipinski definition) is 5. The van der Waals surface area contributed by atoms with E-state index in [0.717, 1.165) is 15.5 Å². The molecule has 3 heterocycles. The number of aromatic nitrogens is 2. The zero-order valence-corrected chi connectivity index (χ0v) is 21.2. The highest BCUT2D eigenvalue weighted by Crippen LogP contribution is 2.30. The number of hydrogen-bond donors (Lipinski definition) is 0. The van der Waals surface area contributed by atoms with Crippen molar-refractivity contribution < 1.29 is 9.21 Å². The fourth-order valence-electron chi connectivity index (χ4n) is 4.26. The van der Waals surface area contributed by atoms with Crippen LogP contribution in [0.2, 0.25) is 0 Å². The monoisotopic (exact) mass is 550 g/mol. The number of halogens is 1. The van der Waals surface area contributed by atoms with E-state index in [2.05, 4.69) is 21.0 Å². The summed E-state index contributed by atoms with van der Waals surface area (Å²) in [6.45, 7) is 1.79. The van der Waals surface area contributed by atoms with Crippen molar-refractivity contribution in [3.8, 4) is 16.9 Å². The molecule has 1 amide bonds. The van der Waals surface area contributed by atoms with Crippen molar-refractivity contribution >= 4 is 50.3 Å². The lowest BCUT2D eigenvalue weighted by molar-refractivity contribution is -0.114. The molecule has 0 N–H and O–H groups in total. The van der Waals surface area contributed by atoms with Gasteiger partial charge >= 0.3 is 5.63 Å². The summed E-state index contributed by atoms with van der Waals surface area (Å²) in [4.78, 5) is 26.4. The highest BCUT2D eigenvalue weighted by Gasteiger charge is 2.29. The Kier molecular flexibility index (Phi) is 5.65. The van der Waals surface area contributed by atoms with Crippen LogP contribution >= 0.6 is 15.9 Å². The Bertz CT molecular complexity index is 1790. The molecular weight excluding hydrogens is 532 g/mol. The Hall–Kier alpha value is -4.56. The van der Waals surface area contributed by atoms with E-state index in [1.807, 2.05) is 72.8 Å². The van der Waals surface area contributed by atoms with Crippen LogP contribution in [0.3, 0.4) is 0 Å². The average molecular weight is 551 g/mol. The van der Waals surface area contributed by atoms with Crippen LogP contribution in [0, 0.1) is 0 Å². The van der Waals surface area contributed by atoms with Crippen molar-refractivity contribution in [2.24, 2.45) is 5.10 Å². The van der Waals surface area contributed by atoms with Gasteiger partial charge in [-0.05, 0) is 61.5 Å². The van der Waals surface area contributed by atoms with Gasteiger partial charge in [0.1, 0.15) is 11.3 Å². The van der Waals surface area contributed by atoms with Gasteiger partial charge < -0.3 is 4.42 Å². The molecule has 0 saturated heterocycles. The minimum Gasteiger partial charge on any atom is -0.422 e. The van der Waals surface area contributed by atoms with Gasteiger partial charge in [-0.25, -0.2) is 9.48 Å². The summed E-state index contributed by atoms with van der Waals surface area (Å²) in [6, 6.07) is 26.0. The molecule has 8 heteroatoms. The Labute approximate surface area is 220 Å². The van der Waals surface area contributed by atoms with E-state index in [0.29, 0.717) is 39.4 Å². The fraction of sp³-hybridized carbons (Fsp3) is 0.0345. The summed E-state index contributed by atoms with van der Waals surface area (Å²) in [7, 11) is 0. The zero-order valence-electron chi connectivity index (χ0n) is 19.6. The van der Waals surface area contributed by atoms with Crippen molar-refractivity contribution in [1.82, 2.24) is 9.78 Å². The molecular formula is C29H19BrN4O3. The van der Waals surface area contributed by atoms with Gasteiger partial charge in [-0.15, -0.1) is 0 Å². The van der Waals surface area contributed by atoms with Crippen LogP contribution in [-0.2, 0) is 4.79 Å². The van der Waals surface area contributed by atoms with E-state index < -0.39 is 5.63 Å². The van der Waals surface area contributed by atoms with Crippen molar-refractivity contribution in [1.29, 1.82) is 0 Å². The molecule has 6 rings (SSSR count). The third kappa shape index (κ3) is 4.21. The molecule has 3 aromatic carbocycles. The van der Waals surface area contributed by atoms with Crippen LogP contribution in [0.25, 0.3) is 34.0 Å². The number of rotatable bonds is 4. The first-order valence-electron chi connectivity index (χ1n) is 11.5. The lowest BCUT2D eigenvalue weighted by atomic mass is 10.0. The SMILES string of the molecule is CC1=NN(c2ccccc2)C(=O)/C1=C/c1cn(-c2ccccc2)nc1-c1cc2cc(Br)ccc2oc1=O. The highest BCUT2D eigenvalue weighted by molar-refractivity contribution is 9.10. The highest BCUT2D eigenvalue weighted by atomic mass is 79.9. The maximum atomic E-state index is 13.4. The maximum absolute atomic E-state index is 13.4. The first-order valence-corrected chi connectivity index (χ1v) is 12.3. The normalized spacial score (nSPS) is 14.5. The van der Waals surface area contributed by atoms with Gasteiger partial charge in [-0.2, -0.15) is 15.2 Å². The van der Waals surface area contributed by atoms with Crippen LogP contribution in [0.15, 0.2) is 115 Å². The van der Waals surface area contributed by atoms with Crippen molar-refractivity contribution in [2.75, 3.05) is 5.01 Å². The average Bonchev–Trinajstić information content (AvgIpc) is 3.46. The molecule has 5 aromatic rings. The second kappa shape index (κ2) is 9.15. The molecule has 0 bridgehead atoms. The minimum absolute atomic E-state index is 0.253. The smallest absolute Gasteiger partial charge is 0.345 e. The summed E-state index contributed by atoms with van der Waals surface area (Å²) in [6.07, 6.45) is 3.53. The molecule has 37 heavy (non-hydrogen) atoms. The standard InChI is InChI=1S/C29H19BrN4O3/c1-18-24(28(35)34(31-18)23-10-6-3-7-11-23)16-20-17-33(22-8-4-2-5-9-22)32-27(20)25-15-19-14-21(30)12-13-26(19)37-29(25)36/h2-17H,1H3/b24-16+. The summed E-state index contributed by atoms with van der Waals surface area (Å²) in [5.74, 6) is -0.253. The number of carbonyl (C=O) groups excluding carboxylic acids is 1. The Morgan fingerprint density at radius 1 is 0.892 bits per heavy atom. The van der Waals surface area contributed by atoms with E-state index >= 15 is 0 Å². The third-order valence-electron chi connectivity index (χ3n) is 6.08. The Morgan fingerprint density at radius 3 is 2.32 bits per heavy atom. The molecule has 0 radical (unpaired) electrons. The molecule has 1 aliphatic heterocycles. The Balaban J connectivity index is 1.52. The Morgan fingerprint density at radius 2 is 1.59 bits per heavy atom. The maximum Gasteiger partial charge on any atom is 0.345 e. The van der Waals surface area contributed by atoms with Gasteiger partial charge in [-0.3, -0.25) is 4.79 Å². The molecule has 7 nitrogen and oxygen atoms in total.